The lowest BCUT2D eigenvalue weighted by atomic mass is 10.0. The average Bonchev–Trinajstić information content (AvgIpc) is 2.76. The van der Waals surface area contributed by atoms with Gasteiger partial charge in [0.1, 0.15) is 0 Å². The second kappa shape index (κ2) is 9.21. The first kappa shape index (κ1) is 22.3. The van der Waals surface area contributed by atoms with Crippen LogP contribution < -0.4 is 14.8 Å². The molecule has 11 heteroatoms. The van der Waals surface area contributed by atoms with Gasteiger partial charge in [-0.05, 0) is 29.8 Å². The zero-order chi connectivity index (χ0) is 22.6. The number of hydrogen-bond acceptors (Lipinski definition) is 8. The fraction of sp³-hybridized carbons (Fsp3) is 0.350. The molecule has 2 aliphatic rings. The number of amides is 1. The van der Waals surface area contributed by atoms with E-state index in [4.69, 9.17) is 14.2 Å². The van der Waals surface area contributed by atoms with E-state index in [1.165, 1.54) is 27.4 Å². The lowest BCUT2D eigenvalue weighted by Gasteiger charge is -2.29. The molecule has 0 spiro atoms. The molecule has 0 aliphatic carbocycles. The molecule has 10 nitrogen and oxygen atoms in total. The molecule has 1 atom stereocenters. The van der Waals surface area contributed by atoms with Crippen molar-refractivity contribution in [3.05, 3.63) is 47.7 Å². The molecule has 31 heavy (non-hydrogen) atoms. The number of fused-ring (bicyclic) bond motifs is 1. The monoisotopic (exact) mass is 449 g/mol. The van der Waals surface area contributed by atoms with Gasteiger partial charge in [-0.25, -0.2) is 8.42 Å². The van der Waals surface area contributed by atoms with Crippen molar-refractivity contribution in [1.29, 1.82) is 0 Å². The number of sulfonamides is 1. The number of amidine groups is 1. The molecule has 0 fully saturated rings. The van der Waals surface area contributed by atoms with Crippen LogP contribution in [-0.4, -0.2) is 64.7 Å². The second-order valence-corrected chi connectivity index (χ2v) is 8.49. The van der Waals surface area contributed by atoms with Crippen molar-refractivity contribution in [2.45, 2.75) is 12.5 Å². The quantitative estimate of drug-likeness (QED) is 0.610. The summed E-state index contributed by atoms with van der Waals surface area (Å²) in [5.41, 5.74) is 0.666. The lowest BCUT2D eigenvalue weighted by Crippen LogP contribution is -2.43. The summed E-state index contributed by atoms with van der Waals surface area (Å²) in [6.45, 7) is 0.198. The summed E-state index contributed by atoms with van der Waals surface area (Å²) in [6, 6.07) is 4.24. The van der Waals surface area contributed by atoms with Crippen molar-refractivity contribution in [3.63, 3.8) is 0 Å². The summed E-state index contributed by atoms with van der Waals surface area (Å²) < 4.78 is 42.9. The summed E-state index contributed by atoms with van der Waals surface area (Å²) in [5, 5.41) is 2.78. The molecule has 1 unspecified atom stereocenters. The van der Waals surface area contributed by atoms with Gasteiger partial charge in [0.2, 0.25) is 0 Å². The van der Waals surface area contributed by atoms with Crippen LogP contribution in [-0.2, 0) is 24.3 Å². The van der Waals surface area contributed by atoms with Crippen LogP contribution in [0.1, 0.15) is 18.0 Å². The van der Waals surface area contributed by atoms with Gasteiger partial charge < -0.3 is 24.4 Å². The molecule has 1 aromatic carbocycles. The largest absolute Gasteiger partial charge is 0.493 e. The van der Waals surface area contributed by atoms with E-state index in [9.17, 15) is 18.0 Å². The zero-order valence-corrected chi connectivity index (χ0v) is 18.1. The Kier molecular flexibility index (Phi) is 6.64. The topological polar surface area (TPSA) is 124 Å². The van der Waals surface area contributed by atoms with Crippen molar-refractivity contribution < 1.29 is 32.2 Å². The van der Waals surface area contributed by atoms with E-state index in [0.717, 1.165) is 0 Å². The summed E-state index contributed by atoms with van der Waals surface area (Å²) in [6.07, 6.45) is 4.63. The minimum atomic E-state index is -3.65. The highest BCUT2D eigenvalue weighted by Crippen LogP contribution is 2.31. The van der Waals surface area contributed by atoms with Crippen molar-refractivity contribution in [2.24, 2.45) is 4.40 Å². The fourth-order valence-electron chi connectivity index (χ4n) is 3.20. The second-order valence-electron chi connectivity index (χ2n) is 6.74. The number of carbonyl (C=O) groups is 2. The molecule has 2 aliphatic heterocycles. The molecule has 0 aromatic heterocycles. The van der Waals surface area contributed by atoms with Gasteiger partial charge in [0.25, 0.3) is 15.9 Å². The minimum Gasteiger partial charge on any atom is -0.493 e. The molecule has 1 amide bonds. The first-order valence-corrected chi connectivity index (χ1v) is 11.0. The number of ether oxygens (including phenoxy) is 3. The number of nitrogens with zero attached hydrogens (tertiary/aromatic N) is 2. The summed E-state index contributed by atoms with van der Waals surface area (Å²) in [5.74, 6) is -0.266. The summed E-state index contributed by atoms with van der Waals surface area (Å²) >= 11 is 0. The molecule has 166 valence electrons. The first-order chi connectivity index (χ1) is 14.8. The summed E-state index contributed by atoms with van der Waals surface area (Å²) in [7, 11) is 0.577. The lowest BCUT2D eigenvalue weighted by molar-refractivity contribution is -0.141. The van der Waals surface area contributed by atoms with Gasteiger partial charge in [0, 0.05) is 12.7 Å². The van der Waals surface area contributed by atoms with Gasteiger partial charge in [0.05, 0.1) is 45.1 Å². The third kappa shape index (κ3) is 5.05. The molecule has 0 radical (unpaired) electrons. The molecule has 0 saturated heterocycles. The Morgan fingerprint density at radius 1 is 1.19 bits per heavy atom. The third-order valence-corrected chi connectivity index (χ3v) is 5.97. The van der Waals surface area contributed by atoms with E-state index in [1.54, 1.807) is 35.4 Å². The van der Waals surface area contributed by atoms with E-state index in [-0.39, 0.29) is 30.1 Å². The molecule has 3 rings (SSSR count). The van der Waals surface area contributed by atoms with E-state index in [2.05, 4.69) is 9.71 Å². The molecule has 1 N–H and O–H groups in total. The standard InChI is InChI=1S/C20H23N3O7S/c1-28-16-7-6-13(11-17(16)29-2)15(12-18(24)30-3)21-20(25)14-5-4-8-23-9-10-31(26,27)22-19(14)23/h4-8,11,15H,9-10,12H2,1-3H3,(H,21,25). The van der Waals surface area contributed by atoms with E-state index < -0.39 is 27.9 Å². The van der Waals surface area contributed by atoms with Gasteiger partial charge in [0.15, 0.2) is 17.3 Å². The normalized spacial score (nSPS) is 17.6. The number of carbonyl (C=O) groups excluding carboxylic acids is 2. The highest BCUT2D eigenvalue weighted by molar-refractivity contribution is 7.90. The minimum absolute atomic E-state index is 0.0513. The molecule has 0 bridgehead atoms. The van der Waals surface area contributed by atoms with Gasteiger partial charge in [-0.2, -0.15) is 0 Å². The maximum atomic E-state index is 13.1. The predicted molar refractivity (Wildman–Crippen MR) is 112 cm³/mol. The van der Waals surface area contributed by atoms with Crippen LogP contribution in [0.4, 0.5) is 0 Å². The Bertz CT molecular complexity index is 1080. The van der Waals surface area contributed by atoms with Crippen LogP contribution in [0.2, 0.25) is 0 Å². The Balaban J connectivity index is 1.92. The van der Waals surface area contributed by atoms with E-state index in [1.807, 2.05) is 0 Å². The van der Waals surface area contributed by atoms with E-state index >= 15 is 0 Å². The van der Waals surface area contributed by atoms with Gasteiger partial charge in [-0.3, -0.25) is 9.59 Å². The number of rotatable bonds is 7. The van der Waals surface area contributed by atoms with Crippen molar-refractivity contribution >= 4 is 27.7 Å². The van der Waals surface area contributed by atoms with Crippen molar-refractivity contribution in [2.75, 3.05) is 33.6 Å². The Labute approximate surface area is 180 Å². The van der Waals surface area contributed by atoms with Crippen LogP contribution in [0.5, 0.6) is 11.5 Å². The molecular weight excluding hydrogens is 426 g/mol. The number of esters is 1. The maximum absolute atomic E-state index is 13.1. The van der Waals surface area contributed by atoms with Crippen LogP contribution >= 0.6 is 0 Å². The van der Waals surface area contributed by atoms with Gasteiger partial charge in [-0.15, -0.1) is 4.40 Å². The molecular formula is C20H23N3O7S. The average molecular weight is 449 g/mol. The van der Waals surface area contributed by atoms with Crippen molar-refractivity contribution in [1.82, 2.24) is 10.2 Å². The van der Waals surface area contributed by atoms with E-state index in [0.29, 0.717) is 17.1 Å². The van der Waals surface area contributed by atoms with Gasteiger partial charge >= 0.3 is 5.97 Å². The number of allylic oxidation sites excluding steroid dienone is 2. The molecule has 0 saturated carbocycles. The zero-order valence-electron chi connectivity index (χ0n) is 17.3. The smallest absolute Gasteiger partial charge is 0.307 e. The van der Waals surface area contributed by atoms with Gasteiger partial charge in [-0.1, -0.05) is 6.07 Å². The first-order valence-electron chi connectivity index (χ1n) is 9.35. The van der Waals surface area contributed by atoms with Crippen LogP contribution in [0.25, 0.3) is 0 Å². The highest BCUT2D eigenvalue weighted by Gasteiger charge is 2.31. The Hall–Kier alpha value is -3.34. The van der Waals surface area contributed by atoms with Crippen molar-refractivity contribution in [3.8, 4) is 11.5 Å². The number of nitrogens with one attached hydrogen (secondary N) is 1. The number of benzene rings is 1. The maximum Gasteiger partial charge on any atom is 0.307 e. The highest BCUT2D eigenvalue weighted by atomic mass is 32.2. The molecule has 2 heterocycles. The third-order valence-electron chi connectivity index (χ3n) is 4.82. The number of hydrogen-bond donors (Lipinski definition) is 1. The fourth-order valence-corrected chi connectivity index (χ4v) is 4.19. The SMILES string of the molecule is COC(=O)CC(NC(=O)C1=CC=CN2CCS(=O)(=O)N=C12)c1ccc(OC)c(OC)c1. The van der Waals surface area contributed by atoms with Crippen LogP contribution in [0.3, 0.4) is 0 Å². The predicted octanol–water partition coefficient (Wildman–Crippen LogP) is 0.922. The van der Waals surface area contributed by atoms with Crippen LogP contribution in [0.15, 0.2) is 46.5 Å². The summed E-state index contributed by atoms with van der Waals surface area (Å²) in [4.78, 5) is 26.6. The Morgan fingerprint density at radius 2 is 1.94 bits per heavy atom. The molecule has 1 aromatic rings. The van der Waals surface area contributed by atoms with Crippen LogP contribution in [0, 0.1) is 0 Å². The Morgan fingerprint density at radius 3 is 2.61 bits per heavy atom. The number of methoxy groups -OCH3 is 3.